The zero-order valence-corrected chi connectivity index (χ0v) is 11.9. The van der Waals surface area contributed by atoms with Crippen molar-refractivity contribution in [1.82, 2.24) is 0 Å². The van der Waals surface area contributed by atoms with Crippen LogP contribution in [0.2, 0.25) is 0 Å². The van der Waals surface area contributed by atoms with Crippen LogP contribution in [0.15, 0.2) is 48.5 Å². The summed E-state index contributed by atoms with van der Waals surface area (Å²) in [6.07, 6.45) is 0. The lowest BCUT2D eigenvalue weighted by atomic mass is 9.94. The summed E-state index contributed by atoms with van der Waals surface area (Å²) < 4.78 is 6.15. The summed E-state index contributed by atoms with van der Waals surface area (Å²) in [6.45, 7) is 4.05. The fraction of sp³-hybridized carbons (Fsp3) is 0.167. The molecule has 0 saturated carbocycles. The van der Waals surface area contributed by atoms with Crippen LogP contribution in [0.1, 0.15) is 30.5 Å². The van der Waals surface area contributed by atoms with Crippen LogP contribution in [0.5, 0.6) is 0 Å². The molecule has 0 aliphatic carbocycles. The maximum absolute atomic E-state index is 12.4. The van der Waals surface area contributed by atoms with Crippen molar-refractivity contribution in [2.45, 2.75) is 19.4 Å². The lowest BCUT2D eigenvalue weighted by Crippen LogP contribution is -2.14. The van der Waals surface area contributed by atoms with Crippen molar-refractivity contribution in [2.24, 2.45) is 0 Å². The summed E-state index contributed by atoms with van der Waals surface area (Å²) in [6, 6.07) is 15.8. The van der Waals surface area contributed by atoms with Gasteiger partial charge < -0.3 is 10.1 Å². The quantitative estimate of drug-likeness (QED) is 0.744. The van der Waals surface area contributed by atoms with E-state index in [1.807, 2.05) is 56.3 Å². The predicted octanol–water partition coefficient (Wildman–Crippen LogP) is 3.77. The molecule has 0 radical (unpaired) electrons. The average molecular weight is 277 g/mol. The van der Waals surface area contributed by atoms with Crippen LogP contribution in [0.25, 0.3) is 11.3 Å². The van der Waals surface area contributed by atoms with Crippen LogP contribution in [-0.2, 0) is 15.1 Å². The molecule has 0 bridgehead atoms. The number of amides is 1. The van der Waals surface area contributed by atoms with Crippen molar-refractivity contribution < 1.29 is 9.53 Å². The van der Waals surface area contributed by atoms with Gasteiger partial charge in [0.1, 0.15) is 11.4 Å². The Hall–Kier alpha value is -2.55. The van der Waals surface area contributed by atoms with Gasteiger partial charge in [0.15, 0.2) is 0 Å². The van der Waals surface area contributed by atoms with Crippen molar-refractivity contribution in [2.75, 3.05) is 5.32 Å². The first-order valence-electron chi connectivity index (χ1n) is 7.02. The van der Waals surface area contributed by atoms with Crippen molar-refractivity contribution in [3.05, 3.63) is 65.2 Å². The van der Waals surface area contributed by atoms with E-state index in [1.165, 1.54) is 0 Å². The van der Waals surface area contributed by atoms with Crippen LogP contribution in [0.4, 0.5) is 5.69 Å². The molecule has 2 aromatic rings. The van der Waals surface area contributed by atoms with Gasteiger partial charge in [-0.3, -0.25) is 4.79 Å². The van der Waals surface area contributed by atoms with Crippen LogP contribution >= 0.6 is 0 Å². The molecule has 2 heterocycles. The maximum atomic E-state index is 12.4. The Morgan fingerprint density at radius 3 is 2.43 bits per heavy atom. The first-order valence-corrected chi connectivity index (χ1v) is 7.02. The third kappa shape index (κ3) is 1.64. The third-order valence-electron chi connectivity index (χ3n) is 4.08. The van der Waals surface area contributed by atoms with Gasteiger partial charge in [-0.2, -0.15) is 0 Å². The highest BCUT2D eigenvalue weighted by molar-refractivity contribution is 6.36. The summed E-state index contributed by atoms with van der Waals surface area (Å²) in [5, 5.41) is 2.91. The lowest BCUT2D eigenvalue weighted by Gasteiger charge is -2.19. The van der Waals surface area contributed by atoms with E-state index in [0.29, 0.717) is 11.3 Å². The summed E-state index contributed by atoms with van der Waals surface area (Å²) in [5.41, 5.74) is 4.08. The molecule has 0 saturated heterocycles. The minimum atomic E-state index is -0.420. The van der Waals surface area contributed by atoms with E-state index >= 15 is 0 Å². The van der Waals surface area contributed by atoms with Crippen molar-refractivity contribution in [3.63, 3.8) is 0 Å². The monoisotopic (exact) mass is 277 g/mol. The molecule has 2 aliphatic heterocycles. The van der Waals surface area contributed by atoms with E-state index in [-0.39, 0.29) is 5.91 Å². The number of hydrogen-bond donors (Lipinski definition) is 1. The SMILES string of the molecule is CC1(C)O/C(=C2/C(=O)Nc3ccccc32)c2ccccc21. The zero-order chi connectivity index (χ0) is 14.6. The molecule has 21 heavy (non-hydrogen) atoms. The van der Waals surface area contributed by atoms with E-state index in [9.17, 15) is 4.79 Å². The molecule has 1 N–H and O–H groups in total. The van der Waals surface area contributed by atoms with E-state index in [0.717, 1.165) is 22.4 Å². The Labute approximate surface area is 123 Å². The van der Waals surface area contributed by atoms with E-state index in [2.05, 4.69) is 11.4 Å². The van der Waals surface area contributed by atoms with Gasteiger partial charge in [-0.15, -0.1) is 0 Å². The second-order valence-electron chi connectivity index (χ2n) is 5.86. The molecular formula is C18H15NO2. The van der Waals surface area contributed by atoms with Gasteiger partial charge in [-0.05, 0) is 19.9 Å². The van der Waals surface area contributed by atoms with Gasteiger partial charge in [-0.1, -0.05) is 42.5 Å². The van der Waals surface area contributed by atoms with Crippen molar-refractivity contribution >= 4 is 22.9 Å². The molecule has 3 heteroatoms. The summed E-state index contributed by atoms with van der Waals surface area (Å²) in [7, 11) is 0. The second-order valence-corrected chi connectivity index (χ2v) is 5.86. The van der Waals surface area contributed by atoms with Crippen LogP contribution in [0, 0.1) is 0 Å². The highest BCUT2D eigenvalue weighted by atomic mass is 16.5. The molecular weight excluding hydrogens is 262 g/mol. The number of benzene rings is 2. The van der Waals surface area contributed by atoms with Crippen molar-refractivity contribution in [3.8, 4) is 0 Å². The first-order chi connectivity index (χ1) is 10.1. The molecule has 0 unspecified atom stereocenters. The number of anilines is 1. The molecule has 2 aliphatic rings. The predicted molar refractivity (Wildman–Crippen MR) is 82.4 cm³/mol. The minimum Gasteiger partial charge on any atom is -0.482 e. The van der Waals surface area contributed by atoms with E-state index < -0.39 is 5.60 Å². The Kier molecular flexibility index (Phi) is 2.31. The normalized spacial score (nSPS) is 21.5. The summed E-state index contributed by atoms with van der Waals surface area (Å²) in [4.78, 5) is 12.4. The Morgan fingerprint density at radius 2 is 1.62 bits per heavy atom. The number of nitrogens with one attached hydrogen (secondary N) is 1. The second kappa shape index (κ2) is 3.98. The summed E-state index contributed by atoms with van der Waals surface area (Å²) >= 11 is 0. The number of hydrogen-bond acceptors (Lipinski definition) is 2. The Morgan fingerprint density at radius 1 is 0.952 bits per heavy atom. The van der Waals surface area contributed by atoms with Gasteiger partial charge in [0.05, 0.1) is 5.57 Å². The number of ether oxygens (including phenoxy) is 1. The zero-order valence-electron chi connectivity index (χ0n) is 11.9. The third-order valence-corrected chi connectivity index (χ3v) is 4.08. The van der Waals surface area contributed by atoms with E-state index in [4.69, 9.17) is 4.74 Å². The highest BCUT2D eigenvalue weighted by Gasteiger charge is 2.39. The largest absolute Gasteiger partial charge is 0.482 e. The van der Waals surface area contributed by atoms with Gasteiger partial charge in [-0.25, -0.2) is 0 Å². The Bertz CT molecular complexity index is 802. The van der Waals surface area contributed by atoms with Crippen LogP contribution in [0.3, 0.4) is 0 Å². The fourth-order valence-corrected chi connectivity index (χ4v) is 3.10. The molecule has 104 valence electrons. The molecule has 0 aromatic heterocycles. The number of carbonyl (C=O) groups is 1. The lowest BCUT2D eigenvalue weighted by molar-refractivity contribution is -0.110. The maximum Gasteiger partial charge on any atom is 0.260 e. The van der Waals surface area contributed by atoms with E-state index in [1.54, 1.807) is 0 Å². The molecule has 0 atom stereocenters. The van der Waals surface area contributed by atoms with Gasteiger partial charge in [0.25, 0.3) is 5.91 Å². The molecule has 0 spiro atoms. The minimum absolute atomic E-state index is 0.0984. The first kappa shape index (κ1) is 12.2. The molecule has 0 fully saturated rings. The number of fused-ring (bicyclic) bond motifs is 2. The standard InChI is InChI=1S/C18H15NO2/c1-18(2)13-9-5-3-7-11(13)16(21-18)15-12-8-4-6-10-14(12)19-17(15)20/h3-10H,1-2H3,(H,19,20)/b16-15+. The molecule has 1 amide bonds. The fourth-order valence-electron chi connectivity index (χ4n) is 3.10. The van der Waals surface area contributed by atoms with Gasteiger partial charge in [0.2, 0.25) is 0 Å². The number of rotatable bonds is 0. The van der Waals surface area contributed by atoms with Gasteiger partial charge in [0, 0.05) is 22.4 Å². The topological polar surface area (TPSA) is 38.3 Å². The summed E-state index contributed by atoms with van der Waals surface area (Å²) in [5.74, 6) is 0.580. The number of carbonyl (C=O) groups excluding carboxylic acids is 1. The number of para-hydroxylation sites is 1. The molecule has 4 rings (SSSR count). The smallest absolute Gasteiger partial charge is 0.260 e. The van der Waals surface area contributed by atoms with Gasteiger partial charge >= 0.3 is 0 Å². The highest BCUT2D eigenvalue weighted by Crippen LogP contribution is 2.47. The van der Waals surface area contributed by atoms with Crippen LogP contribution < -0.4 is 5.32 Å². The average Bonchev–Trinajstić information content (AvgIpc) is 2.93. The molecule has 3 nitrogen and oxygen atoms in total. The van der Waals surface area contributed by atoms with Crippen LogP contribution in [-0.4, -0.2) is 5.91 Å². The molecule has 2 aromatic carbocycles. The Balaban J connectivity index is 2.01. The van der Waals surface area contributed by atoms with Crippen molar-refractivity contribution in [1.29, 1.82) is 0 Å².